The molecule has 194 valence electrons. The maximum absolute atomic E-state index is 13.2. The molecule has 0 aliphatic carbocycles. The molecule has 1 aliphatic heterocycles. The van der Waals surface area contributed by atoms with E-state index in [1.54, 1.807) is 44.7 Å². The lowest BCUT2D eigenvalue weighted by Crippen LogP contribution is -2.31. The molecule has 0 fully saturated rings. The van der Waals surface area contributed by atoms with Crippen molar-refractivity contribution in [3.05, 3.63) is 117 Å². The SMILES string of the molecule is CC1=C(C(=O)O)C(c2cccc([N+](=O)[O-])c2)C(C(=O)OC/C=C/c2ccc(Cn3cnnc3)cc2)=C(C)N1. The van der Waals surface area contributed by atoms with Crippen LogP contribution in [0.2, 0.25) is 0 Å². The van der Waals surface area contributed by atoms with Crippen molar-refractivity contribution in [2.24, 2.45) is 0 Å². The molecule has 1 aliphatic rings. The monoisotopic (exact) mass is 515 g/mol. The molecule has 4 rings (SSSR count). The Kier molecular flexibility index (Phi) is 7.76. The van der Waals surface area contributed by atoms with Crippen LogP contribution in [0.25, 0.3) is 6.08 Å². The Bertz CT molecular complexity index is 1460. The Morgan fingerprint density at radius 3 is 2.45 bits per heavy atom. The second-order valence-electron chi connectivity index (χ2n) is 8.67. The highest BCUT2D eigenvalue weighted by Gasteiger charge is 2.37. The Hall–Kier alpha value is -5.06. The summed E-state index contributed by atoms with van der Waals surface area (Å²) >= 11 is 0. The van der Waals surface area contributed by atoms with E-state index in [1.165, 1.54) is 18.2 Å². The van der Waals surface area contributed by atoms with Crippen molar-refractivity contribution >= 4 is 23.7 Å². The van der Waals surface area contributed by atoms with E-state index in [2.05, 4.69) is 15.5 Å². The first-order valence-electron chi connectivity index (χ1n) is 11.7. The van der Waals surface area contributed by atoms with Crippen LogP contribution in [-0.2, 0) is 20.9 Å². The zero-order valence-corrected chi connectivity index (χ0v) is 20.7. The normalized spacial score (nSPS) is 15.5. The number of benzene rings is 2. The summed E-state index contributed by atoms with van der Waals surface area (Å²) in [5, 5.41) is 31.7. The summed E-state index contributed by atoms with van der Waals surface area (Å²) < 4.78 is 7.33. The quantitative estimate of drug-likeness (QED) is 0.246. The molecule has 0 saturated heterocycles. The number of carboxylic acids is 1. The highest BCUT2D eigenvalue weighted by Crippen LogP contribution is 2.39. The molecule has 0 bridgehead atoms. The number of nitro groups is 1. The fraction of sp³-hybridized carbons (Fsp3) is 0.185. The van der Waals surface area contributed by atoms with Gasteiger partial charge in [-0.2, -0.15) is 0 Å². The minimum atomic E-state index is -1.24. The molecule has 1 atom stereocenters. The summed E-state index contributed by atoms with van der Waals surface area (Å²) in [4.78, 5) is 36.1. The van der Waals surface area contributed by atoms with Crippen molar-refractivity contribution < 1.29 is 24.4 Å². The average Bonchev–Trinajstić information content (AvgIpc) is 3.40. The molecule has 1 unspecified atom stereocenters. The van der Waals surface area contributed by atoms with Gasteiger partial charge in [-0.15, -0.1) is 10.2 Å². The predicted octanol–water partition coefficient (Wildman–Crippen LogP) is 3.81. The van der Waals surface area contributed by atoms with Gasteiger partial charge >= 0.3 is 11.9 Å². The van der Waals surface area contributed by atoms with Gasteiger partial charge in [-0.05, 0) is 36.6 Å². The number of nitro benzene ring substituents is 1. The van der Waals surface area contributed by atoms with Crippen LogP contribution in [0.3, 0.4) is 0 Å². The van der Waals surface area contributed by atoms with Crippen LogP contribution >= 0.6 is 0 Å². The van der Waals surface area contributed by atoms with Gasteiger partial charge in [0.25, 0.3) is 5.69 Å². The molecule has 11 nitrogen and oxygen atoms in total. The third-order valence-corrected chi connectivity index (χ3v) is 6.06. The van der Waals surface area contributed by atoms with E-state index in [1.807, 2.05) is 28.8 Å². The third kappa shape index (κ3) is 5.84. The zero-order chi connectivity index (χ0) is 27.2. The van der Waals surface area contributed by atoms with Gasteiger partial charge in [-0.1, -0.05) is 42.5 Å². The molecular formula is C27H25N5O6. The molecule has 0 radical (unpaired) electrons. The minimum Gasteiger partial charge on any atom is -0.478 e. The number of carbonyl (C=O) groups excluding carboxylic acids is 1. The highest BCUT2D eigenvalue weighted by atomic mass is 16.6. The first-order chi connectivity index (χ1) is 18.2. The number of carbonyl (C=O) groups is 2. The molecule has 0 spiro atoms. The smallest absolute Gasteiger partial charge is 0.337 e. The van der Waals surface area contributed by atoms with Crippen molar-refractivity contribution in [2.75, 3.05) is 6.61 Å². The molecule has 38 heavy (non-hydrogen) atoms. The summed E-state index contributed by atoms with van der Waals surface area (Å²) in [6, 6.07) is 13.4. The van der Waals surface area contributed by atoms with Crippen LogP contribution < -0.4 is 5.32 Å². The number of nitrogens with zero attached hydrogens (tertiary/aromatic N) is 4. The molecule has 2 N–H and O–H groups in total. The van der Waals surface area contributed by atoms with E-state index < -0.39 is 22.8 Å². The Morgan fingerprint density at radius 1 is 1.11 bits per heavy atom. The van der Waals surface area contributed by atoms with Crippen LogP contribution in [0, 0.1) is 10.1 Å². The van der Waals surface area contributed by atoms with E-state index in [9.17, 15) is 24.8 Å². The van der Waals surface area contributed by atoms with Gasteiger partial charge in [0.1, 0.15) is 19.3 Å². The molecular weight excluding hydrogens is 490 g/mol. The van der Waals surface area contributed by atoms with Crippen LogP contribution in [0.5, 0.6) is 0 Å². The lowest BCUT2D eigenvalue weighted by Gasteiger charge is -2.29. The van der Waals surface area contributed by atoms with Crippen molar-refractivity contribution in [2.45, 2.75) is 26.3 Å². The highest BCUT2D eigenvalue weighted by molar-refractivity contribution is 5.99. The van der Waals surface area contributed by atoms with Gasteiger partial charge in [0.05, 0.1) is 22.0 Å². The second kappa shape index (κ2) is 11.3. The number of ether oxygens (including phenoxy) is 1. The number of carboxylic acid groups (broad SMARTS) is 1. The largest absolute Gasteiger partial charge is 0.478 e. The van der Waals surface area contributed by atoms with E-state index in [4.69, 9.17) is 4.74 Å². The number of aliphatic carboxylic acids is 1. The van der Waals surface area contributed by atoms with Gasteiger partial charge in [0.2, 0.25) is 0 Å². The Balaban J connectivity index is 1.49. The van der Waals surface area contributed by atoms with Crippen molar-refractivity contribution in [3.63, 3.8) is 0 Å². The van der Waals surface area contributed by atoms with Gasteiger partial charge in [-0.3, -0.25) is 10.1 Å². The van der Waals surface area contributed by atoms with E-state index in [0.29, 0.717) is 23.5 Å². The van der Waals surface area contributed by atoms with Gasteiger partial charge in [-0.25, -0.2) is 9.59 Å². The number of esters is 1. The first kappa shape index (κ1) is 26.0. The van der Waals surface area contributed by atoms with Crippen LogP contribution in [-0.4, -0.2) is 43.3 Å². The number of nitrogens with one attached hydrogen (secondary N) is 1. The van der Waals surface area contributed by atoms with Crippen molar-refractivity contribution in [1.29, 1.82) is 0 Å². The van der Waals surface area contributed by atoms with E-state index in [0.717, 1.165) is 11.1 Å². The van der Waals surface area contributed by atoms with Crippen LogP contribution in [0.1, 0.15) is 36.5 Å². The van der Waals surface area contributed by atoms with E-state index in [-0.39, 0.29) is 23.4 Å². The maximum Gasteiger partial charge on any atom is 0.337 e. The standard InChI is InChI=1S/C27H25N5O6/c1-17-23(26(33)34)25(21-6-3-7-22(13-21)32(36)37)24(18(2)30-17)27(35)38-12-4-5-19-8-10-20(11-9-19)14-31-15-28-29-16-31/h3-11,13,15-16,25,30H,12,14H2,1-2H3,(H,33,34)/b5-4+. The molecule has 0 amide bonds. The minimum absolute atomic E-state index is 0.0508. The summed E-state index contributed by atoms with van der Waals surface area (Å²) in [7, 11) is 0. The molecule has 3 aromatic rings. The Labute approximate surface area is 217 Å². The summed E-state index contributed by atoms with van der Waals surface area (Å²) in [5.41, 5.74) is 2.85. The van der Waals surface area contributed by atoms with Crippen molar-refractivity contribution in [1.82, 2.24) is 20.1 Å². The topological polar surface area (TPSA) is 149 Å². The van der Waals surface area contributed by atoms with Gasteiger partial charge in [0, 0.05) is 30.1 Å². The number of rotatable bonds is 9. The lowest BCUT2D eigenvalue weighted by molar-refractivity contribution is -0.384. The van der Waals surface area contributed by atoms with Crippen LogP contribution in [0.4, 0.5) is 5.69 Å². The summed E-state index contributed by atoms with van der Waals surface area (Å²) in [6.45, 7) is 3.82. The summed E-state index contributed by atoms with van der Waals surface area (Å²) in [6.07, 6.45) is 6.77. The molecule has 2 heterocycles. The van der Waals surface area contributed by atoms with Gasteiger partial charge in [0.15, 0.2) is 0 Å². The second-order valence-corrected chi connectivity index (χ2v) is 8.67. The van der Waals surface area contributed by atoms with E-state index >= 15 is 0 Å². The first-order valence-corrected chi connectivity index (χ1v) is 11.7. The number of non-ortho nitro benzene ring substituents is 1. The number of allylic oxidation sites excluding steroid dienone is 2. The predicted molar refractivity (Wildman–Crippen MR) is 138 cm³/mol. The summed E-state index contributed by atoms with van der Waals surface area (Å²) in [5.74, 6) is -2.99. The fourth-order valence-electron chi connectivity index (χ4n) is 4.33. The Morgan fingerprint density at radius 2 is 1.79 bits per heavy atom. The van der Waals surface area contributed by atoms with Gasteiger partial charge < -0.3 is 19.7 Å². The molecule has 0 saturated carbocycles. The number of aromatic nitrogens is 3. The molecule has 11 heteroatoms. The molecule has 1 aromatic heterocycles. The van der Waals surface area contributed by atoms with Crippen molar-refractivity contribution in [3.8, 4) is 0 Å². The number of hydrogen-bond acceptors (Lipinski definition) is 8. The van der Waals surface area contributed by atoms with Crippen LogP contribution in [0.15, 0.2) is 89.8 Å². The molecule has 2 aromatic carbocycles. The lowest BCUT2D eigenvalue weighted by atomic mass is 9.80. The number of hydrogen-bond donors (Lipinski definition) is 2. The maximum atomic E-state index is 13.2. The fourth-order valence-corrected chi connectivity index (χ4v) is 4.33. The zero-order valence-electron chi connectivity index (χ0n) is 20.7. The average molecular weight is 516 g/mol. The third-order valence-electron chi connectivity index (χ3n) is 6.06. The number of dihydropyridines is 1.